The maximum Gasteiger partial charge on any atom is 0.414 e. The second kappa shape index (κ2) is 4.42. The lowest BCUT2D eigenvalue weighted by Crippen LogP contribution is -2.44. The highest BCUT2D eigenvalue weighted by Gasteiger charge is 2.43. The molecule has 1 saturated heterocycles. The molecule has 0 radical (unpaired) electrons. The maximum absolute atomic E-state index is 11.4. The molecule has 1 aliphatic heterocycles. The first-order chi connectivity index (χ1) is 7.54. The van der Waals surface area contributed by atoms with E-state index in [1.54, 1.807) is 0 Å². The lowest BCUT2D eigenvalue weighted by atomic mass is 10.2. The van der Waals surface area contributed by atoms with E-state index in [-0.39, 0.29) is 30.0 Å². The van der Waals surface area contributed by atoms with Crippen molar-refractivity contribution in [3.8, 4) is 0 Å². The van der Waals surface area contributed by atoms with Gasteiger partial charge in [0, 0.05) is 0 Å². The number of nitrogens with zero attached hydrogens (tertiary/aromatic N) is 1. The molecule has 6 heteroatoms. The Kier molecular flexibility index (Phi) is 3.68. The van der Waals surface area contributed by atoms with E-state index in [1.807, 2.05) is 0 Å². The molecule has 1 aliphatic rings. The Hall–Kier alpha value is -0.883. The fourth-order valence-corrected chi connectivity index (χ4v) is 2.88. The summed E-state index contributed by atoms with van der Waals surface area (Å²) in [4.78, 5) is 23.1. The number of carbonyl (C=O) groups excluding carboxylic acids is 1. The van der Waals surface area contributed by atoms with Crippen LogP contribution < -0.4 is 0 Å². The molecule has 1 N–H and O–H groups in total. The lowest BCUT2D eigenvalue weighted by Gasteiger charge is -2.38. The Balaban J connectivity index is 2.68. The van der Waals surface area contributed by atoms with Gasteiger partial charge in [0.1, 0.15) is 0 Å². The van der Waals surface area contributed by atoms with Crippen LogP contribution in [-0.2, 0) is 9.22 Å². The third-order valence-corrected chi connectivity index (χ3v) is 8.12. The molecule has 0 aliphatic carbocycles. The molecule has 0 saturated carbocycles. The van der Waals surface area contributed by atoms with Crippen molar-refractivity contribution in [3.63, 3.8) is 0 Å². The van der Waals surface area contributed by atoms with Gasteiger partial charge in [-0.2, -0.15) is 0 Å². The minimum absolute atomic E-state index is 0.0622. The van der Waals surface area contributed by atoms with Gasteiger partial charge in [-0.25, -0.2) is 9.69 Å². The van der Waals surface area contributed by atoms with Crippen LogP contribution in [-0.4, -0.2) is 43.0 Å². The van der Waals surface area contributed by atoms with Gasteiger partial charge in [-0.3, -0.25) is 4.79 Å². The number of carbonyl (C=O) groups is 2. The Morgan fingerprint density at radius 2 is 2.00 bits per heavy atom. The normalized spacial score (nSPS) is 22.1. The van der Waals surface area contributed by atoms with E-state index >= 15 is 0 Å². The quantitative estimate of drug-likeness (QED) is 0.773. The Bertz CT molecular complexity index is 335. The molecule has 0 spiro atoms. The Labute approximate surface area is 103 Å². The molecule has 5 nitrogen and oxygen atoms in total. The first-order valence-corrected chi connectivity index (χ1v) is 8.66. The number of hydrogen-bond acceptors (Lipinski definition) is 3. The Morgan fingerprint density at radius 1 is 1.47 bits per heavy atom. The van der Waals surface area contributed by atoms with Gasteiger partial charge in [0.25, 0.3) is 0 Å². The number of likely N-dealkylation sites (tertiary alicyclic amines) is 1. The van der Waals surface area contributed by atoms with Gasteiger partial charge in [-0.1, -0.05) is 20.8 Å². The van der Waals surface area contributed by atoms with Crippen molar-refractivity contribution >= 4 is 20.3 Å². The summed E-state index contributed by atoms with van der Waals surface area (Å²) in [5, 5.41) is 8.88. The smallest absolute Gasteiger partial charge is 0.414 e. The van der Waals surface area contributed by atoms with Crippen LogP contribution in [0.25, 0.3) is 0 Å². The highest BCUT2D eigenvalue weighted by molar-refractivity contribution is 6.74. The second-order valence-corrected chi connectivity index (χ2v) is 10.7. The molecule has 1 atom stereocenters. The predicted octanol–water partition coefficient (Wildman–Crippen LogP) is 2.29. The van der Waals surface area contributed by atoms with E-state index in [1.165, 1.54) is 0 Å². The fourth-order valence-electron chi connectivity index (χ4n) is 1.53. The van der Waals surface area contributed by atoms with E-state index in [0.717, 1.165) is 4.90 Å². The van der Waals surface area contributed by atoms with Gasteiger partial charge < -0.3 is 9.53 Å². The zero-order valence-corrected chi connectivity index (χ0v) is 12.1. The highest BCUT2D eigenvalue weighted by atomic mass is 28.4. The SMILES string of the molecule is CC(C)(C)[Si](C)(C)OC1CC(=O)N(C(=O)O)C1. The zero-order chi connectivity index (χ0) is 13.4. The number of carboxylic acid groups (broad SMARTS) is 1. The van der Waals surface area contributed by atoms with E-state index in [2.05, 4.69) is 33.9 Å². The summed E-state index contributed by atoms with van der Waals surface area (Å²) >= 11 is 0. The molecule has 2 amide bonds. The molecule has 0 aromatic rings. The minimum Gasteiger partial charge on any atom is -0.465 e. The molecular weight excluding hydrogens is 238 g/mol. The van der Waals surface area contributed by atoms with Gasteiger partial charge in [0.2, 0.25) is 5.91 Å². The standard InChI is InChI=1S/C11H21NO4Si/c1-11(2,3)17(4,5)16-8-6-9(13)12(7-8)10(14)15/h8H,6-7H2,1-5H3,(H,14,15). The van der Waals surface area contributed by atoms with Crippen LogP contribution in [0.4, 0.5) is 4.79 Å². The number of imide groups is 1. The maximum atomic E-state index is 11.4. The summed E-state index contributed by atoms with van der Waals surface area (Å²) in [6.45, 7) is 10.7. The second-order valence-electron chi connectivity index (χ2n) is 5.99. The predicted molar refractivity (Wildman–Crippen MR) is 66.4 cm³/mol. The molecule has 0 aromatic heterocycles. The average Bonchev–Trinajstić information content (AvgIpc) is 2.43. The van der Waals surface area contributed by atoms with Crippen LogP contribution in [0.3, 0.4) is 0 Å². The largest absolute Gasteiger partial charge is 0.465 e. The van der Waals surface area contributed by atoms with E-state index in [9.17, 15) is 9.59 Å². The van der Waals surface area contributed by atoms with E-state index < -0.39 is 14.4 Å². The van der Waals surface area contributed by atoms with Crippen molar-refractivity contribution < 1.29 is 19.1 Å². The van der Waals surface area contributed by atoms with Crippen LogP contribution in [0.1, 0.15) is 27.2 Å². The van der Waals surface area contributed by atoms with Crippen molar-refractivity contribution in [1.82, 2.24) is 4.90 Å². The highest BCUT2D eigenvalue weighted by Crippen LogP contribution is 2.38. The molecular formula is C11H21NO4Si. The minimum atomic E-state index is -1.94. The van der Waals surface area contributed by atoms with Crippen molar-refractivity contribution in [2.45, 2.75) is 51.4 Å². The molecule has 0 aromatic carbocycles. The fraction of sp³-hybridized carbons (Fsp3) is 0.818. The first kappa shape index (κ1) is 14.2. The molecule has 1 fully saturated rings. The molecule has 1 heterocycles. The average molecular weight is 259 g/mol. The van der Waals surface area contributed by atoms with Gasteiger partial charge in [-0.15, -0.1) is 0 Å². The number of amides is 2. The lowest BCUT2D eigenvalue weighted by molar-refractivity contribution is -0.126. The van der Waals surface area contributed by atoms with Gasteiger partial charge in [0.05, 0.1) is 19.1 Å². The Morgan fingerprint density at radius 3 is 2.35 bits per heavy atom. The number of rotatable bonds is 2. The summed E-state index contributed by atoms with van der Waals surface area (Å²) in [7, 11) is -1.94. The van der Waals surface area contributed by atoms with E-state index in [0.29, 0.717) is 0 Å². The molecule has 1 rings (SSSR count). The zero-order valence-electron chi connectivity index (χ0n) is 11.1. The topological polar surface area (TPSA) is 66.8 Å². The van der Waals surface area contributed by atoms with E-state index in [4.69, 9.17) is 9.53 Å². The van der Waals surface area contributed by atoms with Crippen molar-refractivity contribution in [2.24, 2.45) is 0 Å². The summed E-state index contributed by atoms with van der Waals surface area (Å²) in [5.41, 5.74) is 0. The first-order valence-electron chi connectivity index (χ1n) is 5.76. The molecule has 17 heavy (non-hydrogen) atoms. The third kappa shape index (κ3) is 3.07. The van der Waals surface area contributed by atoms with Gasteiger partial charge in [0.15, 0.2) is 8.32 Å². The van der Waals surface area contributed by atoms with Crippen LogP contribution in [0, 0.1) is 0 Å². The third-order valence-electron chi connectivity index (χ3n) is 3.59. The van der Waals surface area contributed by atoms with Crippen LogP contribution >= 0.6 is 0 Å². The summed E-state index contributed by atoms with van der Waals surface area (Å²) in [5.74, 6) is -0.360. The van der Waals surface area contributed by atoms with Crippen LogP contribution in [0.15, 0.2) is 0 Å². The van der Waals surface area contributed by atoms with Crippen LogP contribution in [0.2, 0.25) is 18.1 Å². The number of hydrogen-bond donors (Lipinski definition) is 1. The van der Waals surface area contributed by atoms with Gasteiger partial charge >= 0.3 is 6.09 Å². The molecule has 1 unspecified atom stereocenters. The van der Waals surface area contributed by atoms with Crippen molar-refractivity contribution in [2.75, 3.05) is 6.54 Å². The van der Waals surface area contributed by atoms with Gasteiger partial charge in [-0.05, 0) is 18.1 Å². The van der Waals surface area contributed by atoms with Crippen molar-refractivity contribution in [3.05, 3.63) is 0 Å². The molecule has 0 bridgehead atoms. The monoisotopic (exact) mass is 259 g/mol. The summed E-state index contributed by atoms with van der Waals surface area (Å²) < 4.78 is 6.03. The van der Waals surface area contributed by atoms with Crippen molar-refractivity contribution in [1.29, 1.82) is 0 Å². The summed E-state index contributed by atoms with van der Waals surface area (Å²) in [6.07, 6.45) is -1.28. The molecule has 98 valence electrons. The van der Waals surface area contributed by atoms with Crippen LogP contribution in [0.5, 0.6) is 0 Å². The summed E-state index contributed by atoms with van der Waals surface area (Å²) in [6, 6.07) is 0.